The van der Waals surface area contributed by atoms with E-state index >= 15 is 0 Å². The van der Waals surface area contributed by atoms with Crippen molar-refractivity contribution in [2.24, 2.45) is 23.7 Å². The second kappa shape index (κ2) is 10.8. The number of para-hydroxylation sites is 1. The summed E-state index contributed by atoms with van der Waals surface area (Å²) in [6.07, 6.45) is 6.35. The molecule has 4 fully saturated rings. The highest BCUT2D eigenvalue weighted by atomic mass is 16.5. The molecule has 1 unspecified atom stereocenters. The lowest BCUT2D eigenvalue weighted by atomic mass is 9.54. The van der Waals surface area contributed by atoms with Crippen LogP contribution in [0.2, 0.25) is 0 Å². The van der Waals surface area contributed by atoms with Crippen LogP contribution in [0.3, 0.4) is 0 Å². The van der Waals surface area contributed by atoms with Crippen LogP contribution in [0.25, 0.3) is 0 Å². The molecule has 2 aromatic rings. The normalized spacial score (nSPS) is 27.4. The molecule has 4 aliphatic carbocycles. The number of carbonyl (C=O) groups is 1. The van der Waals surface area contributed by atoms with Crippen LogP contribution in [0.5, 0.6) is 5.75 Å². The highest BCUT2D eigenvalue weighted by Gasteiger charge is 2.49. The third kappa shape index (κ3) is 6.04. The summed E-state index contributed by atoms with van der Waals surface area (Å²) in [5.41, 5.74) is 2.93. The molecule has 200 valence electrons. The molecule has 4 saturated carbocycles. The number of likely N-dealkylation sites (N-methyl/N-ethyl adjacent to an activating group) is 1. The first-order valence-corrected chi connectivity index (χ1v) is 14.1. The van der Waals surface area contributed by atoms with Crippen LogP contribution in [-0.4, -0.2) is 48.3 Å². The molecule has 6 rings (SSSR count). The summed E-state index contributed by atoms with van der Waals surface area (Å²) in [4.78, 5) is 15.4. The molecule has 0 saturated heterocycles. The molecule has 4 bridgehead atoms. The van der Waals surface area contributed by atoms with Crippen LogP contribution in [0.4, 0.5) is 0 Å². The Morgan fingerprint density at radius 2 is 1.62 bits per heavy atom. The fraction of sp³-hybridized carbons (Fsp3) is 0.594. The van der Waals surface area contributed by atoms with Gasteiger partial charge in [0, 0.05) is 19.1 Å². The summed E-state index contributed by atoms with van der Waals surface area (Å²) in [7, 11) is 2.17. The van der Waals surface area contributed by atoms with Gasteiger partial charge in [0.25, 0.3) is 5.91 Å². The Bertz CT molecular complexity index is 1050. The predicted octanol–water partition coefficient (Wildman–Crippen LogP) is 5.41. The molecular weight excluding hydrogens is 460 g/mol. The minimum absolute atomic E-state index is 0.104. The molecule has 1 amide bonds. The standard InChI is InChI=1S/C32H44N2O3/c1-32(2,3)26-11-9-21(10-12-26)18-33-31(36)28-7-5-6-8-29(28)37-20-27(35)19-34(4)30-24-14-22-13-23(16-24)17-25(30)15-22/h5-12,22-25,27,30,35H,13-20H2,1-4H3,(H,33,36). The second-order valence-electron chi connectivity index (χ2n) is 13.0. The van der Waals surface area contributed by atoms with Crippen LogP contribution in [-0.2, 0) is 12.0 Å². The van der Waals surface area contributed by atoms with Gasteiger partial charge in [-0.25, -0.2) is 0 Å². The fourth-order valence-corrected chi connectivity index (χ4v) is 7.49. The van der Waals surface area contributed by atoms with Crippen molar-refractivity contribution in [3.8, 4) is 5.75 Å². The molecule has 5 heteroatoms. The first-order valence-electron chi connectivity index (χ1n) is 14.1. The van der Waals surface area contributed by atoms with E-state index in [0.717, 1.165) is 29.2 Å². The maximum absolute atomic E-state index is 13.0. The number of hydrogen-bond acceptors (Lipinski definition) is 4. The van der Waals surface area contributed by atoms with E-state index in [1.807, 2.05) is 12.1 Å². The van der Waals surface area contributed by atoms with Gasteiger partial charge in [-0.1, -0.05) is 57.2 Å². The molecule has 2 aromatic carbocycles. The maximum atomic E-state index is 13.0. The van der Waals surface area contributed by atoms with Crippen molar-refractivity contribution in [2.75, 3.05) is 20.2 Å². The Hall–Kier alpha value is -2.37. The lowest BCUT2D eigenvalue weighted by Gasteiger charge is -2.57. The maximum Gasteiger partial charge on any atom is 0.255 e. The van der Waals surface area contributed by atoms with E-state index in [2.05, 4.69) is 62.3 Å². The van der Waals surface area contributed by atoms with Crippen LogP contribution < -0.4 is 10.1 Å². The topological polar surface area (TPSA) is 61.8 Å². The minimum atomic E-state index is -0.598. The lowest BCUT2D eigenvalue weighted by molar-refractivity contribution is -0.0685. The van der Waals surface area contributed by atoms with Gasteiger partial charge in [0.1, 0.15) is 18.5 Å². The number of aliphatic hydroxyl groups excluding tert-OH is 1. The predicted molar refractivity (Wildman–Crippen MR) is 148 cm³/mol. The van der Waals surface area contributed by atoms with Crippen LogP contribution in [0.1, 0.15) is 74.4 Å². The molecule has 37 heavy (non-hydrogen) atoms. The van der Waals surface area contributed by atoms with Crippen molar-refractivity contribution in [1.82, 2.24) is 10.2 Å². The number of nitrogens with one attached hydrogen (secondary N) is 1. The van der Waals surface area contributed by atoms with Crippen LogP contribution in [0, 0.1) is 23.7 Å². The Labute approximate surface area is 222 Å². The molecule has 5 nitrogen and oxygen atoms in total. The average Bonchev–Trinajstić information content (AvgIpc) is 2.85. The Balaban J connectivity index is 1.13. The van der Waals surface area contributed by atoms with Crippen LogP contribution >= 0.6 is 0 Å². The third-order valence-corrected chi connectivity index (χ3v) is 9.02. The molecule has 2 N–H and O–H groups in total. The van der Waals surface area contributed by atoms with E-state index < -0.39 is 6.10 Å². The van der Waals surface area contributed by atoms with Crippen molar-refractivity contribution in [3.63, 3.8) is 0 Å². The Kier molecular flexibility index (Phi) is 7.65. The quantitative estimate of drug-likeness (QED) is 0.479. The second-order valence-corrected chi connectivity index (χ2v) is 13.0. The van der Waals surface area contributed by atoms with Crippen molar-refractivity contribution in [3.05, 3.63) is 65.2 Å². The summed E-state index contributed by atoms with van der Waals surface area (Å²) in [5, 5.41) is 13.8. The number of rotatable bonds is 9. The van der Waals surface area contributed by atoms with E-state index in [9.17, 15) is 9.90 Å². The van der Waals surface area contributed by atoms with Crippen molar-refractivity contribution >= 4 is 5.91 Å². The van der Waals surface area contributed by atoms with Gasteiger partial charge in [-0.2, -0.15) is 0 Å². The van der Waals surface area contributed by atoms with Crippen molar-refractivity contribution in [1.29, 1.82) is 0 Å². The van der Waals surface area contributed by atoms with Gasteiger partial charge in [-0.15, -0.1) is 0 Å². The molecule has 0 spiro atoms. The van der Waals surface area contributed by atoms with Gasteiger partial charge in [0.2, 0.25) is 0 Å². The number of benzene rings is 2. The monoisotopic (exact) mass is 504 g/mol. The van der Waals surface area contributed by atoms with E-state index in [1.54, 1.807) is 12.1 Å². The van der Waals surface area contributed by atoms with E-state index in [-0.39, 0.29) is 17.9 Å². The first-order chi connectivity index (χ1) is 17.7. The van der Waals surface area contributed by atoms with Gasteiger partial charge in [0.15, 0.2) is 0 Å². The molecule has 0 heterocycles. The van der Waals surface area contributed by atoms with Gasteiger partial charge in [0.05, 0.1) is 5.56 Å². The van der Waals surface area contributed by atoms with Gasteiger partial charge in [-0.3, -0.25) is 4.79 Å². The molecule has 1 atom stereocenters. The largest absolute Gasteiger partial charge is 0.490 e. The molecule has 0 radical (unpaired) electrons. The zero-order chi connectivity index (χ0) is 26.2. The zero-order valence-electron chi connectivity index (χ0n) is 23.0. The van der Waals surface area contributed by atoms with Crippen LogP contribution in [0.15, 0.2) is 48.5 Å². The fourth-order valence-electron chi connectivity index (χ4n) is 7.49. The smallest absolute Gasteiger partial charge is 0.255 e. The number of hydrogen-bond donors (Lipinski definition) is 2. The number of ether oxygens (including phenoxy) is 1. The van der Waals surface area contributed by atoms with E-state index in [4.69, 9.17) is 4.74 Å². The number of nitrogens with zero attached hydrogens (tertiary/aromatic N) is 1. The number of aliphatic hydroxyl groups is 1. The summed E-state index contributed by atoms with van der Waals surface area (Å²) >= 11 is 0. The van der Waals surface area contributed by atoms with Gasteiger partial charge >= 0.3 is 0 Å². The van der Waals surface area contributed by atoms with E-state index in [1.165, 1.54) is 37.7 Å². The van der Waals surface area contributed by atoms with Gasteiger partial charge < -0.3 is 20.1 Å². The number of carbonyl (C=O) groups excluding carboxylic acids is 1. The SMILES string of the molecule is CN(CC(O)COc1ccccc1C(=O)NCc1ccc(C(C)(C)C)cc1)C1C2CC3CC(C2)CC1C3. The lowest BCUT2D eigenvalue weighted by Crippen LogP contribution is -2.56. The average molecular weight is 505 g/mol. The zero-order valence-corrected chi connectivity index (χ0v) is 23.0. The third-order valence-electron chi connectivity index (χ3n) is 9.02. The summed E-state index contributed by atoms with van der Waals surface area (Å²) in [6.45, 7) is 7.81. The molecule has 0 aliphatic heterocycles. The molecular formula is C32H44N2O3. The van der Waals surface area contributed by atoms with Crippen molar-refractivity contribution < 1.29 is 14.6 Å². The number of amides is 1. The Morgan fingerprint density at radius 1 is 1.00 bits per heavy atom. The minimum Gasteiger partial charge on any atom is -0.490 e. The highest BCUT2D eigenvalue weighted by molar-refractivity contribution is 5.96. The summed E-state index contributed by atoms with van der Waals surface area (Å²) < 4.78 is 5.99. The van der Waals surface area contributed by atoms with E-state index in [0.29, 0.717) is 30.4 Å². The van der Waals surface area contributed by atoms with Gasteiger partial charge in [-0.05, 0) is 91.5 Å². The van der Waals surface area contributed by atoms with Crippen molar-refractivity contribution in [2.45, 2.75) is 77.0 Å². The summed E-state index contributed by atoms with van der Waals surface area (Å²) in [5.74, 6) is 3.83. The summed E-state index contributed by atoms with van der Waals surface area (Å²) in [6, 6.07) is 16.3. The molecule has 0 aromatic heterocycles. The Morgan fingerprint density at radius 3 is 2.24 bits per heavy atom. The molecule has 4 aliphatic rings. The highest BCUT2D eigenvalue weighted by Crippen LogP contribution is 2.54. The first kappa shape index (κ1) is 26.2.